The molecule has 0 spiro atoms. The first-order valence-corrected chi connectivity index (χ1v) is 7.25. The summed E-state index contributed by atoms with van der Waals surface area (Å²) in [6.07, 6.45) is 0. The quantitative estimate of drug-likeness (QED) is 0.447. The van der Waals surface area contributed by atoms with Gasteiger partial charge >= 0.3 is 0 Å². The van der Waals surface area contributed by atoms with Crippen LogP contribution < -0.4 is 0 Å². The molecule has 104 valence electrons. The van der Waals surface area contributed by atoms with E-state index < -0.39 is 0 Å². The van der Waals surface area contributed by atoms with Crippen molar-refractivity contribution in [1.82, 2.24) is 0 Å². The number of halogens is 1. The number of hydrogen-bond acceptors (Lipinski definition) is 2. The van der Waals surface area contributed by atoms with Crippen LogP contribution in [0.25, 0.3) is 33.1 Å². The molecular formula is C19H10ClNO. The molecule has 4 aromatic rings. The summed E-state index contributed by atoms with van der Waals surface area (Å²) < 4.78 is 5.83. The van der Waals surface area contributed by atoms with Crippen molar-refractivity contribution in [2.24, 2.45) is 0 Å². The fraction of sp³-hybridized carbons (Fsp3) is 0. The monoisotopic (exact) mass is 303 g/mol. The second-order valence-electron chi connectivity index (χ2n) is 5.14. The van der Waals surface area contributed by atoms with Gasteiger partial charge in [0.15, 0.2) is 0 Å². The van der Waals surface area contributed by atoms with Crippen LogP contribution in [-0.4, -0.2) is 0 Å². The normalized spacial score (nSPS) is 10.9. The lowest BCUT2D eigenvalue weighted by molar-refractivity contribution is 0.669. The number of rotatable bonds is 1. The maximum absolute atomic E-state index is 8.88. The Labute approximate surface area is 132 Å². The van der Waals surface area contributed by atoms with Gasteiger partial charge in [-0.25, -0.2) is 0 Å². The molecule has 3 heteroatoms. The van der Waals surface area contributed by atoms with E-state index in [0.717, 1.165) is 33.1 Å². The molecule has 4 rings (SSSR count). The summed E-state index contributed by atoms with van der Waals surface area (Å²) in [5.41, 5.74) is 4.48. The lowest BCUT2D eigenvalue weighted by atomic mass is 10.0. The highest BCUT2D eigenvalue weighted by molar-refractivity contribution is 6.31. The largest absolute Gasteiger partial charge is 0.456 e. The van der Waals surface area contributed by atoms with E-state index in [0.29, 0.717) is 10.6 Å². The SMILES string of the molecule is N#Cc1ccc(-c2ccc3oc4ccc(Cl)cc4c3c2)cc1. The van der Waals surface area contributed by atoms with Gasteiger partial charge in [-0.1, -0.05) is 29.8 Å². The molecule has 0 atom stereocenters. The standard InChI is InChI=1S/C19H10ClNO/c20-15-6-8-19-17(10-15)16-9-14(5-7-18(16)22-19)13-3-1-12(11-21)2-4-13/h1-10H. The Morgan fingerprint density at radius 3 is 2.14 bits per heavy atom. The van der Waals surface area contributed by atoms with E-state index in [-0.39, 0.29) is 0 Å². The molecule has 0 amide bonds. The van der Waals surface area contributed by atoms with Crippen LogP contribution >= 0.6 is 11.6 Å². The number of fused-ring (bicyclic) bond motifs is 3. The lowest BCUT2D eigenvalue weighted by Gasteiger charge is -2.02. The van der Waals surface area contributed by atoms with E-state index in [1.165, 1.54) is 0 Å². The molecule has 0 unspecified atom stereocenters. The third-order valence-electron chi connectivity index (χ3n) is 3.78. The average molecular weight is 304 g/mol. The zero-order valence-electron chi connectivity index (χ0n) is 11.5. The molecule has 2 nitrogen and oxygen atoms in total. The molecule has 0 saturated carbocycles. The van der Waals surface area contributed by atoms with Crippen LogP contribution in [0, 0.1) is 11.3 Å². The Morgan fingerprint density at radius 2 is 1.41 bits per heavy atom. The first-order valence-electron chi connectivity index (χ1n) is 6.87. The van der Waals surface area contributed by atoms with Crippen LogP contribution in [0.5, 0.6) is 0 Å². The number of furan rings is 1. The smallest absolute Gasteiger partial charge is 0.135 e. The third kappa shape index (κ3) is 2.04. The van der Waals surface area contributed by atoms with Crippen LogP contribution in [-0.2, 0) is 0 Å². The van der Waals surface area contributed by atoms with Crippen molar-refractivity contribution < 1.29 is 4.42 Å². The number of nitriles is 1. The first-order chi connectivity index (χ1) is 10.7. The summed E-state index contributed by atoms with van der Waals surface area (Å²) in [5, 5.41) is 11.6. The molecular weight excluding hydrogens is 294 g/mol. The Bertz CT molecular complexity index is 1040. The second kappa shape index (κ2) is 4.91. The van der Waals surface area contributed by atoms with Crippen molar-refractivity contribution in [2.75, 3.05) is 0 Å². The molecule has 0 aliphatic carbocycles. The number of hydrogen-bond donors (Lipinski definition) is 0. The fourth-order valence-corrected chi connectivity index (χ4v) is 2.84. The molecule has 0 aliphatic rings. The van der Waals surface area contributed by atoms with Gasteiger partial charge in [0.25, 0.3) is 0 Å². The topological polar surface area (TPSA) is 36.9 Å². The van der Waals surface area contributed by atoms with Gasteiger partial charge in [0.2, 0.25) is 0 Å². The van der Waals surface area contributed by atoms with Crippen molar-refractivity contribution in [2.45, 2.75) is 0 Å². The molecule has 1 aromatic heterocycles. The molecule has 0 aliphatic heterocycles. The minimum absolute atomic E-state index is 0.658. The van der Waals surface area contributed by atoms with Gasteiger partial charge in [-0.2, -0.15) is 5.26 Å². The van der Waals surface area contributed by atoms with Crippen molar-refractivity contribution in [3.8, 4) is 17.2 Å². The Morgan fingerprint density at radius 1 is 0.773 bits per heavy atom. The molecule has 0 fully saturated rings. The van der Waals surface area contributed by atoms with Crippen molar-refractivity contribution in [3.05, 3.63) is 71.2 Å². The lowest BCUT2D eigenvalue weighted by Crippen LogP contribution is -1.79. The van der Waals surface area contributed by atoms with Crippen LogP contribution in [0.2, 0.25) is 5.02 Å². The van der Waals surface area contributed by atoms with Crippen molar-refractivity contribution in [1.29, 1.82) is 5.26 Å². The summed E-state index contributed by atoms with van der Waals surface area (Å²) >= 11 is 6.09. The van der Waals surface area contributed by atoms with Crippen LogP contribution in [0.1, 0.15) is 5.56 Å². The highest BCUT2D eigenvalue weighted by Gasteiger charge is 2.09. The van der Waals surface area contributed by atoms with Crippen LogP contribution in [0.3, 0.4) is 0 Å². The van der Waals surface area contributed by atoms with Gasteiger partial charge in [-0.05, 0) is 53.6 Å². The maximum Gasteiger partial charge on any atom is 0.135 e. The zero-order chi connectivity index (χ0) is 15.1. The molecule has 0 N–H and O–H groups in total. The summed E-state index contributed by atoms with van der Waals surface area (Å²) in [6.45, 7) is 0. The van der Waals surface area contributed by atoms with Crippen LogP contribution in [0.15, 0.2) is 65.1 Å². The number of nitrogens with zero attached hydrogens (tertiary/aromatic N) is 1. The van der Waals surface area contributed by atoms with E-state index in [1.54, 1.807) is 0 Å². The van der Waals surface area contributed by atoms with Gasteiger partial charge in [0.1, 0.15) is 11.2 Å². The fourth-order valence-electron chi connectivity index (χ4n) is 2.67. The Hall–Kier alpha value is -2.76. The highest BCUT2D eigenvalue weighted by atomic mass is 35.5. The summed E-state index contributed by atoms with van der Waals surface area (Å²) in [7, 11) is 0. The predicted molar refractivity (Wildman–Crippen MR) is 88.9 cm³/mol. The molecule has 0 radical (unpaired) electrons. The maximum atomic E-state index is 8.88. The van der Waals surface area contributed by atoms with Crippen molar-refractivity contribution in [3.63, 3.8) is 0 Å². The van der Waals surface area contributed by atoms with Gasteiger partial charge in [0.05, 0.1) is 11.6 Å². The van der Waals surface area contributed by atoms with E-state index in [2.05, 4.69) is 12.1 Å². The third-order valence-corrected chi connectivity index (χ3v) is 4.01. The Balaban J connectivity index is 1.93. The molecule has 0 bridgehead atoms. The average Bonchev–Trinajstić information content (AvgIpc) is 2.92. The molecule has 3 aromatic carbocycles. The zero-order valence-corrected chi connectivity index (χ0v) is 12.3. The van der Waals surface area contributed by atoms with E-state index in [4.69, 9.17) is 21.3 Å². The van der Waals surface area contributed by atoms with Gasteiger partial charge in [0, 0.05) is 15.8 Å². The second-order valence-corrected chi connectivity index (χ2v) is 5.58. The highest BCUT2D eigenvalue weighted by Crippen LogP contribution is 2.33. The number of benzene rings is 3. The summed E-state index contributed by atoms with van der Waals surface area (Å²) in [4.78, 5) is 0. The molecule has 1 heterocycles. The molecule has 0 saturated heterocycles. The van der Waals surface area contributed by atoms with Gasteiger partial charge in [-0.3, -0.25) is 0 Å². The Kier molecular flexibility index (Phi) is 2.89. The summed E-state index contributed by atoms with van der Waals surface area (Å²) in [6, 6.07) is 21.4. The van der Waals surface area contributed by atoms with Crippen molar-refractivity contribution >= 4 is 33.5 Å². The minimum Gasteiger partial charge on any atom is -0.456 e. The van der Waals surface area contributed by atoms with E-state index in [1.807, 2.05) is 54.6 Å². The molecule has 22 heavy (non-hydrogen) atoms. The van der Waals surface area contributed by atoms with E-state index >= 15 is 0 Å². The van der Waals surface area contributed by atoms with Crippen LogP contribution in [0.4, 0.5) is 0 Å². The predicted octanol–water partition coefficient (Wildman–Crippen LogP) is 5.78. The van der Waals surface area contributed by atoms with E-state index in [9.17, 15) is 0 Å². The first kappa shape index (κ1) is 12.9. The van der Waals surface area contributed by atoms with Gasteiger partial charge in [-0.15, -0.1) is 0 Å². The summed E-state index contributed by atoms with van der Waals surface area (Å²) in [5.74, 6) is 0. The minimum atomic E-state index is 0.658. The van der Waals surface area contributed by atoms with Gasteiger partial charge < -0.3 is 4.42 Å².